The van der Waals surface area contributed by atoms with Gasteiger partial charge in [-0.05, 0) is 43.7 Å². The summed E-state index contributed by atoms with van der Waals surface area (Å²) < 4.78 is 4.98. The summed E-state index contributed by atoms with van der Waals surface area (Å²) in [5.74, 6) is 0.403. The van der Waals surface area contributed by atoms with Crippen LogP contribution in [0.2, 0.25) is 0 Å². The Labute approximate surface area is 117 Å². The van der Waals surface area contributed by atoms with Crippen molar-refractivity contribution in [3.8, 4) is 11.5 Å². The topological polar surface area (TPSA) is 71.5 Å². The van der Waals surface area contributed by atoms with Gasteiger partial charge >= 0.3 is 0 Å². The summed E-state index contributed by atoms with van der Waals surface area (Å²) in [5, 5.41) is 12.5. The number of carbonyl (C=O) groups is 1. The van der Waals surface area contributed by atoms with Gasteiger partial charge in [0.2, 0.25) is 0 Å². The van der Waals surface area contributed by atoms with E-state index in [1.165, 1.54) is 19.2 Å². The van der Waals surface area contributed by atoms with Crippen LogP contribution in [-0.4, -0.2) is 23.1 Å². The minimum Gasteiger partial charge on any atom is -0.507 e. The number of ether oxygens (including phenoxy) is 1. The SMILES string of the molecule is COc1ccc(C(=O)Nc2cc(C)cc(C)n2)c(O)c1. The first kappa shape index (κ1) is 13.9. The van der Waals surface area contributed by atoms with E-state index in [-0.39, 0.29) is 11.3 Å². The number of pyridine rings is 1. The fourth-order valence-electron chi connectivity index (χ4n) is 1.92. The highest BCUT2D eigenvalue weighted by atomic mass is 16.5. The molecule has 0 aliphatic carbocycles. The molecule has 0 radical (unpaired) electrons. The molecule has 0 saturated heterocycles. The smallest absolute Gasteiger partial charge is 0.260 e. The Balaban J connectivity index is 2.23. The van der Waals surface area contributed by atoms with Gasteiger partial charge in [0.05, 0.1) is 12.7 Å². The molecule has 1 heterocycles. The van der Waals surface area contributed by atoms with Crippen molar-refractivity contribution in [2.75, 3.05) is 12.4 Å². The highest BCUT2D eigenvalue weighted by Gasteiger charge is 2.13. The number of methoxy groups -OCH3 is 1. The predicted molar refractivity (Wildman–Crippen MR) is 76.3 cm³/mol. The summed E-state index contributed by atoms with van der Waals surface area (Å²) in [6, 6.07) is 8.20. The number of aryl methyl sites for hydroxylation is 2. The second-order valence-corrected chi connectivity index (χ2v) is 4.51. The number of carbonyl (C=O) groups excluding carboxylic acids is 1. The molecule has 0 fully saturated rings. The number of benzene rings is 1. The number of rotatable bonds is 3. The molecular formula is C15H16N2O3. The zero-order chi connectivity index (χ0) is 14.7. The number of anilines is 1. The molecule has 1 aromatic carbocycles. The third-order valence-electron chi connectivity index (χ3n) is 2.79. The zero-order valence-corrected chi connectivity index (χ0v) is 11.6. The van der Waals surface area contributed by atoms with E-state index in [1.54, 1.807) is 12.1 Å². The highest BCUT2D eigenvalue weighted by molar-refractivity contribution is 6.05. The number of nitrogens with one attached hydrogen (secondary N) is 1. The second-order valence-electron chi connectivity index (χ2n) is 4.51. The van der Waals surface area contributed by atoms with Gasteiger partial charge in [0.1, 0.15) is 17.3 Å². The molecule has 0 atom stereocenters. The number of aromatic hydroxyl groups is 1. The molecule has 0 unspecified atom stereocenters. The van der Waals surface area contributed by atoms with E-state index in [9.17, 15) is 9.90 Å². The Morgan fingerprint density at radius 3 is 2.60 bits per heavy atom. The summed E-state index contributed by atoms with van der Waals surface area (Å²) in [5.41, 5.74) is 2.00. The Morgan fingerprint density at radius 2 is 2.00 bits per heavy atom. The molecule has 2 N–H and O–H groups in total. The first-order valence-electron chi connectivity index (χ1n) is 6.13. The molecule has 5 nitrogen and oxygen atoms in total. The maximum absolute atomic E-state index is 12.1. The minimum absolute atomic E-state index is 0.133. The number of aromatic nitrogens is 1. The quantitative estimate of drug-likeness (QED) is 0.901. The van der Waals surface area contributed by atoms with Gasteiger partial charge in [-0.1, -0.05) is 0 Å². The predicted octanol–water partition coefficient (Wildman–Crippen LogP) is 2.66. The molecule has 0 saturated carbocycles. The summed E-state index contributed by atoms with van der Waals surface area (Å²) in [7, 11) is 1.49. The van der Waals surface area contributed by atoms with Crippen molar-refractivity contribution in [1.82, 2.24) is 4.98 Å². The molecule has 104 valence electrons. The van der Waals surface area contributed by atoms with E-state index in [2.05, 4.69) is 10.3 Å². The molecule has 2 aromatic rings. The van der Waals surface area contributed by atoms with Crippen molar-refractivity contribution in [3.05, 3.63) is 47.2 Å². The maximum atomic E-state index is 12.1. The van der Waals surface area contributed by atoms with Crippen LogP contribution in [0, 0.1) is 13.8 Å². The van der Waals surface area contributed by atoms with Crippen molar-refractivity contribution >= 4 is 11.7 Å². The lowest BCUT2D eigenvalue weighted by Gasteiger charge is -2.09. The van der Waals surface area contributed by atoms with Crippen LogP contribution in [0.3, 0.4) is 0 Å². The van der Waals surface area contributed by atoms with Crippen LogP contribution in [-0.2, 0) is 0 Å². The van der Waals surface area contributed by atoms with E-state index in [4.69, 9.17) is 4.74 Å². The average Bonchev–Trinajstić information content (AvgIpc) is 2.36. The molecule has 5 heteroatoms. The van der Waals surface area contributed by atoms with Crippen LogP contribution in [0.4, 0.5) is 5.82 Å². The molecule has 2 rings (SSSR count). The van der Waals surface area contributed by atoms with Gasteiger partial charge in [0.25, 0.3) is 5.91 Å². The molecule has 0 bridgehead atoms. The van der Waals surface area contributed by atoms with E-state index in [0.717, 1.165) is 11.3 Å². The number of amides is 1. The van der Waals surface area contributed by atoms with Gasteiger partial charge in [0.15, 0.2) is 0 Å². The first-order chi connectivity index (χ1) is 9.49. The van der Waals surface area contributed by atoms with Gasteiger partial charge in [-0.15, -0.1) is 0 Å². The summed E-state index contributed by atoms with van der Waals surface area (Å²) >= 11 is 0. The third kappa shape index (κ3) is 3.06. The van der Waals surface area contributed by atoms with Gasteiger partial charge in [-0.25, -0.2) is 4.98 Å². The van der Waals surface area contributed by atoms with E-state index < -0.39 is 5.91 Å². The van der Waals surface area contributed by atoms with Crippen LogP contribution in [0.15, 0.2) is 30.3 Å². The lowest BCUT2D eigenvalue weighted by atomic mass is 10.1. The van der Waals surface area contributed by atoms with Crippen molar-refractivity contribution in [1.29, 1.82) is 0 Å². The zero-order valence-electron chi connectivity index (χ0n) is 11.6. The van der Waals surface area contributed by atoms with Crippen LogP contribution >= 0.6 is 0 Å². The number of hydrogen-bond donors (Lipinski definition) is 2. The van der Waals surface area contributed by atoms with Gasteiger partial charge in [-0.2, -0.15) is 0 Å². The van der Waals surface area contributed by atoms with Gasteiger partial charge < -0.3 is 15.2 Å². The number of phenols is 1. The molecule has 20 heavy (non-hydrogen) atoms. The second kappa shape index (κ2) is 5.61. The lowest BCUT2D eigenvalue weighted by Crippen LogP contribution is -2.13. The van der Waals surface area contributed by atoms with Gasteiger partial charge in [0, 0.05) is 11.8 Å². The van der Waals surface area contributed by atoms with Crippen LogP contribution in [0.1, 0.15) is 21.6 Å². The normalized spacial score (nSPS) is 10.2. The Kier molecular flexibility index (Phi) is 3.89. The Bertz CT molecular complexity index is 633. The molecule has 0 spiro atoms. The first-order valence-corrected chi connectivity index (χ1v) is 6.13. The average molecular weight is 272 g/mol. The van der Waals surface area contributed by atoms with Crippen LogP contribution in [0.25, 0.3) is 0 Å². The Hall–Kier alpha value is -2.56. The van der Waals surface area contributed by atoms with Gasteiger partial charge in [-0.3, -0.25) is 4.79 Å². The van der Waals surface area contributed by atoms with Crippen molar-refractivity contribution in [2.24, 2.45) is 0 Å². The molecular weight excluding hydrogens is 256 g/mol. The van der Waals surface area contributed by atoms with E-state index in [0.29, 0.717) is 11.6 Å². The van der Waals surface area contributed by atoms with Crippen molar-refractivity contribution in [3.63, 3.8) is 0 Å². The van der Waals surface area contributed by atoms with Crippen LogP contribution in [0.5, 0.6) is 11.5 Å². The lowest BCUT2D eigenvalue weighted by molar-refractivity contribution is 0.102. The maximum Gasteiger partial charge on any atom is 0.260 e. The largest absolute Gasteiger partial charge is 0.507 e. The molecule has 0 aliphatic heterocycles. The summed E-state index contributed by atoms with van der Waals surface area (Å²) in [4.78, 5) is 16.3. The number of phenolic OH excluding ortho intramolecular Hbond substituents is 1. The molecule has 1 amide bonds. The van der Waals surface area contributed by atoms with Crippen LogP contribution < -0.4 is 10.1 Å². The fraction of sp³-hybridized carbons (Fsp3) is 0.200. The fourth-order valence-corrected chi connectivity index (χ4v) is 1.92. The number of hydrogen-bond acceptors (Lipinski definition) is 4. The minimum atomic E-state index is -0.414. The van der Waals surface area contributed by atoms with E-state index >= 15 is 0 Å². The third-order valence-corrected chi connectivity index (χ3v) is 2.79. The van der Waals surface area contributed by atoms with E-state index in [1.807, 2.05) is 19.9 Å². The molecule has 1 aromatic heterocycles. The summed E-state index contributed by atoms with van der Waals surface area (Å²) in [6.45, 7) is 3.78. The summed E-state index contributed by atoms with van der Waals surface area (Å²) in [6.07, 6.45) is 0. The van der Waals surface area contributed by atoms with Crippen molar-refractivity contribution in [2.45, 2.75) is 13.8 Å². The monoisotopic (exact) mass is 272 g/mol. The molecule has 0 aliphatic rings. The number of nitrogens with zero attached hydrogens (tertiary/aromatic N) is 1. The standard InChI is InChI=1S/C15H16N2O3/c1-9-6-10(2)16-14(7-9)17-15(19)12-5-4-11(20-3)8-13(12)18/h4-8,18H,1-3H3,(H,16,17,19). The Morgan fingerprint density at radius 1 is 1.25 bits per heavy atom. The van der Waals surface area contributed by atoms with Crippen molar-refractivity contribution < 1.29 is 14.6 Å². The highest BCUT2D eigenvalue weighted by Crippen LogP contribution is 2.24.